The molecule has 0 aromatic rings. The monoisotopic (exact) mass is 271 g/mol. The predicted molar refractivity (Wildman–Crippen MR) is 50.5 cm³/mol. The Kier molecular flexibility index (Phi) is 4.45. The summed E-state index contributed by atoms with van der Waals surface area (Å²) in [7, 11) is 0. The van der Waals surface area contributed by atoms with E-state index < -0.39 is 6.10 Å². The molecule has 61 valence electrons. The van der Waals surface area contributed by atoms with Crippen molar-refractivity contribution in [3.8, 4) is 0 Å². The molecule has 0 spiro atoms. The zero-order valence-electron chi connectivity index (χ0n) is 6.53. The highest BCUT2D eigenvalue weighted by molar-refractivity contribution is 9.12. The zero-order chi connectivity index (χ0) is 8.36. The topological polar surface area (TPSA) is 19.9 Å². The molecule has 3 unspecified atom stereocenters. The lowest BCUT2D eigenvalue weighted by Gasteiger charge is -2.28. The lowest BCUT2D eigenvalue weighted by atomic mass is 10.0. The first-order chi connectivity index (χ1) is 4.42. The van der Waals surface area contributed by atoms with Crippen molar-refractivity contribution in [2.45, 2.75) is 42.4 Å². The molecule has 0 rings (SSSR count). The molecule has 0 aliphatic rings. The molecule has 0 saturated carbocycles. The third kappa shape index (κ3) is 2.51. The third-order valence-corrected chi connectivity index (χ3v) is 5.18. The smallest absolute Gasteiger partial charge is 0.106 e. The SMILES string of the molecule is CCC(Br)C(C)(Br)C(C)[O]. The van der Waals surface area contributed by atoms with Gasteiger partial charge in [0.25, 0.3) is 0 Å². The Balaban J connectivity index is 4.09. The standard InChI is InChI=1S/C7H13Br2O/c1-4-6(8)7(3,9)5(2)10/h5-6H,4H2,1-3H3. The molecule has 1 nitrogen and oxygen atoms in total. The summed E-state index contributed by atoms with van der Waals surface area (Å²) in [4.78, 5) is 0.257. The second kappa shape index (κ2) is 4.07. The maximum absolute atomic E-state index is 11.1. The van der Waals surface area contributed by atoms with E-state index in [1.807, 2.05) is 6.92 Å². The molecular formula is C7H13Br2O. The van der Waals surface area contributed by atoms with Gasteiger partial charge in [0.1, 0.15) is 6.10 Å². The van der Waals surface area contributed by atoms with Crippen LogP contribution >= 0.6 is 31.9 Å². The van der Waals surface area contributed by atoms with Crippen LogP contribution in [0.2, 0.25) is 0 Å². The van der Waals surface area contributed by atoms with Gasteiger partial charge in [-0.05, 0) is 20.3 Å². The van der Waals surface area contributed by atoms with E-state index in [1.54, 1.807) is 6.92 Å². The van der Waals surface area contributed by atoms with Crippen LogP contribution in [0.5, 0.6) is 0 Å². The molecule has 0 N–H and O–H groups in total. The van der Waals surface area contributed by atoms with Crippen molar-refractivity contribution in [3.05, 3.63) is 0 Å². The van der Waals surface area contributed by atoms with Gasteiger partial charge >= 0.3 is 0 Å². The van der Waals surface area contributed by atoms with Gasteiger partial charge in [-0.15, -0.1) is 0 Å². The fourth-order valence-corrected chi connectivity index (χ4v) is 1.35. The minimum atomic E-state index is -0.586. The summed E-state index contributed by atoms with van der Waals surface area (Å²) in [6.07, 6.45) is 0.380. The quantitative estimate of drug-likeness (QED) is 0.704. The molecule has 0 fully saturated rings. The van der Waals surface area contributed by atoms with Gasteiger partial charge in [0.15, 0.2) is 0 Å². The van der Waals surface area contributed by atoms with Crippen LogP contribution in [0.3, 0.4) is 0 Å². The van der Waals surface area contributed by atoms with Crippen molar-refractivity contribution in [1.82, 2.24) is 0 Å². The van der Waals surface area contributed by atoms with Gasteiger partial charge in [-0.2, -0.15) is 0 Å². The van der Waals surface area contributed by atoms with Crippen LogP contribution in [0.25, 0.3) is 0 Å². The molecule has 0 amide bonds. The molecule has 1 radical (unpaired) electrons. The van der Waals surface area contributed by atoms with E-state index >= 15 is 0 Å². The number of hydrogen-bond acceptors (Lipinski definition) is 0. The summed E-state index contributed by atoms with van der Waals surface area (Å²) in [5.41, 5.74) is 0. The van der Waals surface area contributed by atoms with Gasteiger partial charge in [0, 0.05) is 4.83 Å². The fourth-order valence-electron chi connectivity index (χ4n) is 0.654. The predicted octanol–water partition coefficient (Wildman–Crippen LogP) is 3.13. The van der Waals surface area contributed by atoms with Gasteiger partial charge in [-0.1, -0.05) is 38.8 Å². The maximum Gasteiger partial charge on any atom is 0.106 e. The van der Waals surface area contributed by atoms with Crippen molar-refractivity contribution in [2.24, 2.45) is 0 Å². The largest absolute Gasteiger partial charge is 0.232 e. The normalized spacial score (nSPS) is 23.4. The van der Waals surface area contributed by atoms with Crippen LogP contribution in [-0.2, 0) is 5.11 Å². The molecule has 0 saturated heterocycles. The first-order valence-corrected chi connectivity index (χ1v) is 5.12. The summed E-state index contributed by atoms with van der Waals surface area (Å²) in [5, 5.41) is 11.1. The average molecular weight is 273 g/mol. The van der Waals surface area contributed by atoms with Crippen LogP contribution < -0.4 is 0 Å². The van der Waals surface area contributed by atoms with E-state index in [9.17, 15) is 5.11 Å². The van der Waals surface area contributed by atoms with E-state index in [1.165, 1.54) is 0 Å². The van der Waals surface area contributed by atoms with Crippen LogP contribution in [0.15, 0.2) is 0 Å². The van der Waals surface area contributed by atoms with Crippen molar-refractivity contribution < 1.29 is 5.11 Å². The van der Waals surface area contributed by atoms with Gasteiger partial charge in [-0.3, -0.25) is 0 Å². The number of alkyl halides is 2. The van der Waals surface area contributed by atoms with Crippen molar-refractivity contribution in [3.63, 3.8) is 0 Å². The molecule has 0 aromatic carbocycles. The summed E-state index contributed by atoms with van der Waals surface area (Å²) in [5.74, 6) is 0. The molecule has 0 heterocycles. The second-order valence-corrected chi connectivity index (χ2v) is 5.48. The third-order valence-electron chi connectivity index (χ3n) is 1.77. The highest BCUT2D eigenvalue weighted by Gasteiger charge is 2.34. The second-order valence-electron chi connectivity index (χ2n) is 2.67. The Morgan fingerprint density at radius 1 is 1.60 bits per heavy atom. The Bertz CT molecular complexity index is 102. The summed E-state index contributed by atoms with van der Waals surface area (Å²) < 4.78 is -0.318. The van der Waals surface area contributed by atoms with Crippen molar-refractivity contribution in [1.29, 1.82) is 0 Å². The van der Waals surface area contributed by atoms with E-state index in [0.717, 1.165) is 6.42 Å². The molecule has 0 aromatic heterocycles. The Morgan fingerprint density at radius 3 is 2.10 bits per heavy atom. The Labute approximate surface area is 79.5 Å². The average Bonchev–Trinajstić information content (AvgIpc) is 1.86. The zero-order valence-corrected chi connectivity index (χ0v) is 9.70. The molecule has 3 heteroatoms. The summed E-state index contributed by atoms with van der Waals surface area (Å²) in [6.45, 7) is 5.66. The molecule has 0 aliphatic heterocycles. The maximum atomic E-state index is 11.1. The van der Waals surface area contributed by atoms with Crippen molar-refractivity contribution in [2.75, 3.05) is 0 Å². The van der Waals surface area contributed by atoms with Gasteiger partial charge in [-0.25, -0.2) is 5.11 Å². The lowest BCUT2D eigenvalue weighted by molar-refractivity contribution is 0.0757. The van der Waals surface area contributed by atoms with Crippen LogP contribution in [-0.4, -0.2) is 15.3 Å². The van der Waals surface area contributed by atoms with Gasteiger partial charge in [0.2, 0.25) is 0 Å². The summed E-state index contributed by atoms with van der Waals surface area (Å²) in [6, 6.07) is 0. The number of hydrogen-bond donors (Lipinski definition) is 0. The van der Waals surface area contributed by atoms with E-state index in [2.05, 4.69) is 38.8 Å². The lowest BCUT2D eigenvalue weighted by Crippen LogP contribution is -2.38. The van der Waals surface area contributed by atoms with Crippen molar-refractivity contribution >= 4 is 31.9 Å². The highest BCUT2D eigenvalue weighted by Crippen LogP contribution is 2.33. The summed E-state index contributed by atoms with van der Waals surface area (Å²) >= 11 is 6.86. The number of rotatable bonds is 3. The molecular weight excluding hydrogens is 260 g/mol. The van der Waals surface area contributed by atoms with E-state index in [-0.39, 0.29) is 9.15 Å². The van der Waals surface area contributed by atoms with Gasteiger partial charge < -0.3 is 0 Å². The fraction of sp³-hybridized carbons (Fsp3) is 1.00. The number of halogens is 2. The van der Waals surface area contributed by atoms with Gasteiger partial charge in [0.05, 0.1) is 4.32 Å². The van der Waals surface area contributed by atoms with Crippen LogP contribution in [0, 0.1) is 0 Å². The minimum Gasteiger partial charge on any atom is -0.232 e. The molecule has 10 heavy (non-hydrogen) atoms. The Morgan fingerprint density at radius 2 is 2.00 bits per heavy atom. The van der Waals surface area contributed by atoms with Crippen LogP contribution in [0.1, 0.15) is 27.2 Å². The first kappa shape index (κ1) is 10.9. The minimum absolute atomic E-state index is 0.257. The van der Waals surface area contributed by atoms with Crippen LogP contribution in [0.4, 0.5) is 0 Å². The molecule has 3 atom stereocenters. The Hall–Kier alpha value is 0.920. The highest BCUT2D eigenvalue weighted by atomic mass is 79.9. The molecule has 0 aliphatic carbocycles. The molecule has 0 bridgehead atoms. The van der Waals surface area contributed by atoms with E-state index in [4.69, 9.17) is 0 Å². The van der Waals surface area contributed by atoms with E-state index in [0.29, 0.717) is 0 Å². The first-order valence-electron chi connectivity index (χ1n) is 3.41.